The van der Waals surface area contributed by atoms with Crippen molar-refractivity contribution in [2.45, 2.75) is 45.1 Å². The predicted molar refractivity (Wildman–Crippen MR) is 86.9 cm³/mol. The number of nitrogens with one attached hydrogen (secondary N) is 1. The average Bonchev–Trinajstić information content (AvgIpc) is 3.07. The van der Waals surface area contributed by atoms with E-state index < -0.39 is 0 Å². The van der Waals surface area contributed by atoms with E-state index >= 15 is 0 Å². The highest BCUT2D eigenvalue weighted by atomic mass is 16.3. The van der Waals surface area contributed by atoms with Gasteiger partial charge in [-0.25, -0.2) is 4.98 Å². The molecule has 0 saturated heterocycles. The molecule has 1 aromatic heterocycles. The minimum absolute atomic E-state index is 0.180. The Hall–Kier alpha value is -2.10. The van der Waals surface area contributed by atoms with Crippen LogP contribution in [0.4, 0.5) is 5.69 Å². The lowest BCUT2D eigenvalue weighted by Gasteiger charge is -2.42. The van der Waals surface area contributed by atoms with Gasteiger partial charge >= 0.3 is 0 Å². The molecule has 0 radical (unpaired) electrons. The molecule has 1 fully saturated rings. The molecule has 1 aliphatic heterocycles. The van der Waals surface area contributed by atoms with E-state index in [0.717, 1.165) is 12.3 Å². The number of nitrogens with zero attached hydrogens (tertiary/aromatic N) is 2. The third kappa shape index (κ3) is 2.43. The zero-order chi connectivity index (χ0) is 14.8. The standard InChI is InChI=1S/C18H21N3O/c1-4-8-18(9-5-1)12-14-6-2-3-7-15(14)21-17(18)20-13-16-19-10-11-22-16/h2-3,6-7,10-11H,1,4-5,8-9,12-13H2,(H,20,21). The molecule has 4 rings (SSSR count). The minimum Gasteiger partial charge on any atom is -0.447 e. The quantitative estimate of drug-likeness (QED) is 0.903. The summed E-state index contributed by atoms with van der Waals surface area (Å²) >= 11 is 0. The molecule has 4 nitrogen and oxygen atoms in total. The Balaban J connectivity index is 1.68. The van der Waals surface area contributed by atoms with Crippen molar-refractivity contribution in [2.24, 2.45) is 10.4 Å². The molecule has 4 heteroatoms. The van der Waals surface area contributed by atoms with Gasteiger partial charge in [0.2, 0.25) is 5.89 Å². The number of hydrogen-bond acceptors (Lipinski definition) is 3. The smallest absolute Gasteiger partial charge is 0.215 e. The summed E-state index contributed by atoms with van der Waals surface area (Å²) in [4.78, 5) is 9.03. The van der Waals surface area contributed by atoms with Crippen molar-refractivity contribution in [1.82, 2.24) is 4.98 Å². The number of benzene rings is 1. The van der Waals surface area contributed by atoms with Crippen molar-refractivity contribution in [3.05, 3.63) is 48.2 Å². The van der Waals surface area contributed by atoms with E-state index in [9.17, 15) is 0 Å². The van der Waals surface area contributed by atoms with E-state index in [1.807, 2.05) is 0 Å². The Labute approximate surface area is 130 Å². The van der Waals surface area contributed by atoms with Gasteiger partial charge in [-0.2, -0.15) is 0 Å². The van der Waals surface area contributed by atoms with Crippen molar-refractivity contribution in [3.8, 4) is 0 Å². The van der Waals surface area contributed by atoms with Gasteiger partial charge in [0.1, 0.15) is 18.6 Å². The van der Waals surface area contributed by atoms with Gasteiger partial charge in [-0.05, 0) is 30.9 Å². The SMILES string of the molecule is c1ccc2c(c1)CC1(CCCCC1)C(=NCc1ncco1)N2. The number of fused-ring (bicyclic) bond motifs is 1. The topological polar surface area (TPSA) is 50.4 Å². The van der Waals surface area contributed by atoms with Crippen LogP contribution in [0.25, 0.3) is 0 Å². The summed E-state index contributed by atoms with van der Waals surface area (Å²) in [5.74, 6) is 1.81. The number of rotatable bonds is 2. The molecule has 0 bridgehead atoms. The highest BCUT2D eigenvalue weighted by Crippen LogP contribution is 2.44. The maximum absolute atomic E-state index is 5.32. The van der Waals surface area contributed by atoms with E-state index in [-0.39, 0.29) is 5.41 Å². The third-order valence-corrected chi connectivity index (χ3v) is 4.97. The minimum atomic E-state index is 0.180. The molecule has 22 heavy (non-hydrogen) atoms. The molecule has 1 aliphatic carbocycles. The maximum atomic E-state index is 5.32. The van der Waals surface area contributed by atoms with Crippen molar-refractivity contribution in [3.63, 3.8) is 0 Å². The van der Waals surface area contributed by atoms with Gasteiger partial charge in [-0.15, -0.1) is 0 Å². The summed E-state index contributed by atoms with van der Waals surface area (Å²) < 4.78 is 5.32. The summed E-state index contributed by atoms with van der Waals surface area (Å²) in [7, 11) is 0. The van der Waals surface area contributed by atoms with Crippen molar-refractivity contribution < 1.29 is 4.42 Å². The number of hydrogen-bond donors (Lipinski definition) is 1. The van der Waals surface area contributed by atoms with Crippen LogP contribution in [0.1, 0.15) is 43.6 Å². The van der Waals surface area contributed by atoms with Crippen LogP contribution in [0.3, 0.4) is 0 Å². The van der Waals surface area contributed by atoms with Crippen molar-refractivity contribution in [1.29, 1.82) is 0 Å². The molecule has 1 aromatic carbocycles. The monoisotopic (exact) mass is 295 g/mol. The predicted octanol–water partition coefficient (Wildman–Crippen LogP) is 4.19. The van der Waals surface area contributed by atoms with E-state index in [0.29, 0.717) is 12.4 Å². The second kappa shape index (κ2) is 5.59. The first kappa shape index (κ1) is 13.6. The molecule has 2 heterocycles. The highest BCUT2D eigenvalue weighted by Gasteiger charge is 2.40. The fourth-order valence-electron chi connectivity index (χ4n) is 3.83. The average molecular weight is 295 g/mol. The van der Waals surface area contributed by atoms with Gasteiger partial charge in [0, 0.05) is 11.1 Å². The van der Waals surface area contributed by atoms with Crippen LogP contribution < -0.4 is 5.32 Å². The van der Waals surface area contributed by atoms with Crippen LogP contribution in [0.5, 0.6) is 0 Å². The number of aromatic nitrogens is 1. The first-order chi connectivity index (χ1) is 10.9. The number of amidine groups is 1. The molecule has 2 aliphatic rings. The zero-order valence-corrected chi connectivity index (χ0v) is 12.7. The van der Waals surface area contributed by atoms with Gasteiger partial charge in [0.25, 0.3) is 0 Å². The summed E-state index contributed by atoms with van der Waals surface area (Å²) in [6, 6.07) is 8.59. The Morgan fingerprint density at radius 2 is 2.05 bits per heavy atom. The summed E-state index contributed by atoms with van der Waals surface area (Å²) in [6.45, 7) is 0.513. The highest BCUT2D eigenvalue weighted by molar-refractivity contribution is 6.02. The fourth-order valence-corrected chi connectivity index (χ4v) is 3.83. The lowest BCUT2D eigenvalue weighted by molar-refractivity contribution is 0.278. The molecule has 1 spiro atoms. The van der Waals surface area contributed by atoms with Crippen LogP contribution in [-0.4, -0.2) is 10.8 Å². The van der Waals surface area contributed by atoms with Gasteiger partial charge in [-0.3, -0.25) is 4.99 Å². The largest absolute Gasteiger partial charge is 0.447 e. The fraction of sp³-hybridized carbons (Fsp3) is 0.444. The first-order valence-corrected chi connectivity index (χ1v) is 8.14. The zero-order valence-electron chi connectivity index (χ0n) is 12.7. The molecule has 0 atom stereocenters. The Kier molecular flexibility index (Phi) is 3.45. The van der Waals surface area contributed by atoms with Gasteiger partial charge in [0.05, 0.1) is 6.20 Å². The van der Waals surface area contributed by atoms with Gasteiger partial charge in [0.15, 0.2) is 0 Å². The van der Waals surface area contributed by atoms with Crippen molar-refractivity contribution >= 4 is 11.5 Å². The molecule has 1 saturated carbocycles. The molecular weight excluding hydrogens is 274 g/mol. The number of aliphatic imine (C=N–C) groups is 1. The summed E-state index contributed by atoms with van der Waals surface area (Å²) in [6.07, 6.45) is 10.8. The van der Waals surface area contributed by atoms with Crippen molar-refractivity contribution in [2.75, 3.05) is 5.32 Å². The van der Waals surface area contributed by atoms with Crippen LogP contribution in [0, 0.1) is 5.41 Å². The van der Waals surface area contributed by atoms with Gasteiger partial charge < -0.3 is 9.73 Å². The molecule has 1 N–H and O–H groups in total. The third-order valence-electron chi connectivity index (χ3n) is 4.97. The van der Waals surface area contributed by atoms with Crippen LogP contribution in [0.15, 0.2) is 46.1 Å². The van der Waals surface area contributed by atoms with Crippen LogP contribution >= 0.6 is 0 Å². The molecular formula is C18H21N3O. The Bertz CT molecular complexity index is 669. The van der Waals surface area contributed by atoms with Gasteiger partial charge in [-0.1, -0.05) is 37.5 Å². The molecule has 0 unspecified atom stereocenters. The van der Waals surface area contributed by atoms with Crippen LogP contribution in [0.2, 0.25) is 0 Å². The Morgan fingerprint density at radius 1 is 1.18 bits per heavy atom. The summed E-state index contributed by atoms with van der Waals surface area (Å²) in [5, 5.41) is 3.60. The molecule has 114 valence electrons. The second-order valence-electron chi connectivity index (χ2n) is 6.39. The van der Waals surface area contributed by atoms with E-state index in [4.69, 9.17) is 9.41 Å². The van der Waals surface area contributed by atoms with E-state index in [2.05, 4.69) is 34.6 Å². The molecule has 2 aromatic rings. The second-order valence-corrected chi connectivity index (χ2v) is 6.39. The lowest BCUT2D eigenvalue weighted by atomic mass is 9.67. The molecule has 0 amide bonds. The van der Waals surface area contributed by atoms with Crippen LogP contribution in [-0.2, 0) is 13.0 Å². The Morgan fingerprint density at radius 3 is 2.86 bits per heavy atom. The normalized spacial score (nSPS) is 21.5. The summed E-state index contributed by atoms with van der Waals surface area (Å²) in [5.41, 5.74) is 2.79. The van der Waals surface area contributed by atoms with E-state index in [1.54, 1.807) is 12.5 Å². The number of anilines is 1. The lowest BCUT2D eigenvalue weighted by Crippen LogP contribution is -2.43. The van der Waals surface area contributed by atoms with E-state index in [1.165, 1.54) is 43.4 Å². The number of oxazole rings is 1. The number of para-hydroxylation sites is 1. The first-order valence-electron chi connectivity index (χ1n) is 8.14. The maximum Gasteiger partial charge on any atom is 0.215 e.